The smallest absolute Gasteiger partial charge is 0.259 e. The third-order valence-electron chi connectivity index (χ3n) is 2.43. The Morgan fingerprint density at radius 1 is 1.35 bits per heavy atom. The van der Waals surface area contributed by atoms with Crippen LogP contribution in [0.1, 0.15) is 17.3 Å². The Bertz CT molecular complexity index is 416. The van der Waals surface area contributed by atoms with Gasteiger partial charge in [-0.15, -0.1) is 11.6 Å². The predicted octanol–water partition coefficient (Wildman–Crippen LogP) is 2.80. The summed E-state index contributed by atoms with van der Waals surface area (Å²) in [7, 11) is 1.37. The van der Waals surface area contributed by atoms with Gasteiger partial charge in [0.1, 0.15) is 23.0 Å². The Balaban J connectivity index is 3.13. The first-order valence-electron chi connectivity index (χ1n) is 4.86. The second-order valence-corrected chi connectivity index (χ2v) is 3.97. The number of nitrogens with zero attached hydrogens (tertiary/aromatic N) is 1. The number of rotatable bonds is 3. The summed E-state index contributed by atoms with van der Waals surface area (Å²) in [4.78, 5) is 12.9. The van der Waals surface area contributed by atoms with Crippen LogP contribution in [0, 0.1) is 17.5 Å². The van der Waals surface area contributed by atoms with E-state index in [2.05, 4.69) is 0 Å². The lowest BCUT2D eigenvalue weighted by Gasteiger charge is -2.23. The van der Waals surface area contributed by atoms with Crippen LogP contribution in [0.5, 0.6) is 0 Å². The van der Waals surface area contributed by atoms with E-state index in [4.69, 9.17) is 11.6 Å². The highest BCUT2D eigenvalue weighted by molar-refractivity contribution is 6.18. The van der Waals surface area contributed by atoms with E-state index in [1.165, 1.54) is 7.05 Å². The fourth-order valence-electron chi connectivity index (χ4n) is 1.23. The first kappa shape index (κ1) is 13.8. The number of benzene rings is 1. The van der Waals surface area contributed by atoms with Crippen molar-refractivity contribution in [1.82, 2.24) is 4.90 Å². The number of alkyl halides is 1. The van der Waals surface area contributed by atoms with E-state index >= 15 is 0 Å². The van der Waals surface area contributed by atoms with E-state index in [0.29, 0.717) is 12.1 Å². The largest absolute Gasteiger partial charge is 0.338 e. The minimum atomic E-state index is -1.22. The van der Waals surface area contributed by atoms with Crippen molar-refractivity contribution < 1.29 is 18.0 Å². The molecule has 2 nitrogen and oxygen atoms in total. The zero-order valence-electron chi connectivity index (χ0n) is 9.31. The zero-order chi connectivity index (χ0) is 13.2. The maximum atomic E-state index is 13.3. The van der Waals surface area contributed by atoms with Crippen LogP contribution in [0.2, 0.25) is 0 Å². The van der Waals surface area contributed by atoms with E-state index in [9.17, 15) is 18.0 Å². The molecular weight excluding hydrogens is 255 g/mol. The summed E-state index contributed by atoms with van der Waals surface area (Å²) in [6.07, 6.45) is 0. The number of carbonyl (C=O) groups excluding carboxylic acids is 1. The van der Waals surface area contributed by atoms with Crippen LogP contribution < -0.4 is 0 Å². The summed E-state index contributed by atoms with van der Waals surface area (Å²) in [5.41, 5.74) is -0.772. The molecule has 17 heavy (non-hydrogen) atoms. The van der Waals surface area contributed by atoms with Crippen LogP contribution in [0.3, 0.4) is 0 Å². The van der Waals surface area contributed by atoms with Crippen molar-refractivity contribution in [2.24, 2.45) is 0 Å². The van der Waals surface area contributed by atoms with Gasteiger partial charge in [0.15, 0.2) is 0 Å². The van der Waals surface area contributed by atoms with Crippen molar-refractivity contribution in [2.45, 2.75) is 13.0 Å². The van der Waals surface area contributed by atoms with Gasteiger partial charge in [-0.3, -0.25) is 4.79 Å². The fraction of sp³-hybridized carbons (Fsp3) is 0.364. The Kier molecular flexibility index (Phi) is 4.40. The number of hydrogen-bond acceptors (Lipinski definition) is 1. The molecule has 1 atom stereocenters. The second-order valence-electron chi connectivity index (χ2n) is 3.66. The lowest BCUT2D eigenvalue weighted by molar-refractivity contribution is 0.0746. The van der Waals surface area contributed by atoms with Gasteiger partial charge in [0, 0.05) is 31.1 Å². The first-order valence-corrected chi connectivity index (χ1v) is 5.39. The molecule has 0 fully saturated rings. The van der Waals surface area contributed by atoms with Crippen LogP contribution >= 0.6 is 11.6 Å². The number of halogens is 4. The van der Waals surface area contributed by atoms with Crippen molar-refractivity contribution in [1.29, 1.82) is 0 Å². The standard InChI is InChI=1S/C11H11ClF3NO/c1-6(5-12)16(2)11(17)10-8(14)3-7(13)4-9(10)15/h3-4,6H,5H2,1-2H3. The zero-order valence-corrected chi connectivity index (χ0v) is 10.1. The van der Waals surface area contributed by atoms with Crippen molar-refractivity contribution in [3.8, 4) is 0 Å². The van der Waals surface area contributed by atoms with E-state index in [-0.39, 0.29) is 11.9 Å². The van der Waals surface area contributed by atoms with Crippen molar-refractivity contribution in [2.75, 3.05) is 12.9 Å². The van der Waals surface area contributed by atoms with Gasteiger partial charge in [-0.2, -0.15) is 0 Å². The SMILES string of the molecule is CC(CCl)N(C)C(=O)c1c(F)cc(F)cc1F. The quantitative estimate of drug-likeness (QED) is 0.770. The highest BCUT2D eigenvalue weighted by atomic mass is 35.5. The molecule has 0 saturated heterocycles. The van der Waals surface area contributed by atoms with Gasteiger partial charge < -0.3 is 4.90 Å². The topological polar surface area (TPSA) is 20.3 Å². The summed E-state index contributed by atoms with van der Waals surface area (Å²) >= 11 is 5.54. The molecule has 0 bridgehead atoms. The van der Waals surface area contributed by atoms with Crippen LogP contribution in [0.4, 0.5) is 13.2 Å². The lowest BCUT2D eigenvalue weighted by Crippen LogP contribution is -2.37. The maximum absolute atomic E-state index is 13.3. The van der Waals surface area contributed by atoms with E-state index in [1.54, 1.807) is 6.92 Å². The van der Waals surface area contributed by atoms with Gasteiger partial charge in [0.25, 0.3) is 5.91 Å². The third kappa shape index (κ3) is 2.91. The molecule has 0 aliphatic rings. The third-order valence-corrected chi connectivity index (χ3v) is 2.87. The summed E-state index contributed by atoms with van der Waals surface area (Å²) in [6.45, 7) is 1.63. The van der Waals surface area contributed by atoms with Gasteiger partial charge in [0.05, 0.1) is 0 Å². The Morgan fingerprint density at radius 2 is 1.82 bits per heavy atom. The van der Waals surface area contributed by atoms with E-state index in [1.807, 2.05) is 0 Å². The molecule has 6 heteroatoms. The summed E-state index contributed by atoms with van der Waals surface area (Å²) in [5, 5.41) is 0. The van der Waals surface area contributed by atoms with E-state index < -0.39 is 28.9 Å². The van der Waals surface area contributed by atoms with Gasteiger partial charge in [-0.1, -0.05) is 0 Å². The Morgan fingerprint density at radius 3 is 2.24 bits per heavy atom. The molecule has 0 aliphatic carbocycles. The van der Waals surface area contributed by atoms with Gasteiger partial charge in [-0.25, -0.2) is 13.2 Å². The normalized spacial score (nSPS) is 12.4. The Hall–Kier alpha value is -1.23. The molecule has 0 N–H and O–H groups in total. The first-order chi connectivity index (χ1) is 7.88. The highest BCUT2D eigenvalue weighted by Gasteiger charge is 2.24. The minimum Gasteiger partial charge on any atom is -0.338 e. The van der Waals surface area contributed by atoms with E-state index in [0.717, 1.165) is 4.90 Å². The average molecular weight is 266 g/mol. The van der Waals surface area contributed by atoms with Crippen LogP contribution in [-0.2, 0) is 0 Å². The van der Waals surface area contributed by atoms with Gasteiger partial charge >= 0.3 is 0 Å². The molecule has 0 heterocycles. The van der Waals surface area contributed by atoms with Crippen LogP contribution in [0.15, 0.2) is 12.1 Å². The molecule has 1 aromatic rings. The molecule has 0 spiro atoms. The fourth-order valence-corrected chi connectivity index (χ4v) is 1.43. The van der Waals surface area contributed by atoms with Crippen LogP contribution in [-0.4, -0.2) is 29.8 Å². The lowest BCUT2D eigenvalue weighted by atomic mass is 10.1. The molecule has 1 aromatic carbocycles. The minimum absolute atomic E-state index is 0.132. The Labute approximate surface area is 102 Å². The molecule has 1 unspecified atom stereocenters. The molecule has 94 valence electrons. The molecule has 1 amide bonds. The average Bonchev–Trinajstić information content (AvgIpc) is 2.25. The highest BCUT2D eigenvalue weighted by Crippen LogP contribution is 2.17. The summed E-state index contributed by atoms with van der Waals surface area (Å²) in [6, 6.07) is 0.554. The summed E-state index contributed by atoms with van der Waals surface area (Å²) in [5.74, 6) is -4.24. The number of amides is 1. The van der Waals surface area contributed by atoms with Gasteiger partial charge in [0.2, 0.25) is 0 Å². The van der Waals surface area contributed by atoms with Crippen LogP contribution in [0.25, 0.3) is 0 Å². The number of hydrogen-bond donors (Lipinski definition) is 0. The molecule has 0 saturated carbocycles. The molecule has 1 rings (SSSR count). The number of carbonyl (C=O) groups is 1. The summed E-state index contributed by atoms with van der Waals surface area (Å²) < 4.78 is 39.3. The second kappa shape index (κ2) is 5.40. The molecule has 0 aliphatic heterocycles. The van der Waals surface area contributed by atoms with Gasteiger partial charge in [-0.05, 0) is 6.92 Å². The monoisotopic (exact) mass is 265 g/mol. The van der Waals surface area contributed by atoms with Crippen molar-refractivity contribution in [3.05, 3.63) is 35.1 Å². The molecule has 0 aromatic heterocycles. The predicted molar refractivity (Wildman–Crippen MR) is 58.6 cm³/mol. The molecular formula is C11H11ClF3NO. The maximum Gasteiger partial charge on any atom is 0.259 e. The van der Waals surface area contributed by atoms with Crippen molar-refractivity contribution in [3.63, 3.8) is 0 Å². The van der Waals surface area contributed by atoms with Crippen molar-refractivity contribution >= 4 is 17.5 Å². The molecule has 0 radical (unpaired) electrons.